The lowest BCUT2D eigenvalue weighted by molar-refractivity contribution is -0.121. The Bertz CT molecular complexity index is 608. The molecule has 21 heavy (non-hydrogen) atoms. The lowest BCUT2D eigenvalue weighted by Gasteiger charge is -2.11. The van der Waals surface area contributed by atoms with Crippen molar-refractivity contribution < 1.29 is 9.59 Å². The van der Waals surface area contributed by atoms with Gasteiger partial charge in [-0.2, -0.15) is 0 Å². The van der Waals surface area contributed by atoms with Crippen molar-refractivity contribution in [3.05, 3.63) is 56.7 Å². The number of Topliss-reactive ketones (excluding diaryl/α,β-unsaturated/α-hetero) is 1. The Labute approximate surface area is 136 Å². The molecule has 0 aliphatic carbocycles. The number of carbonyl (C=O) groups is 2. The van der Waals surface area contributed by atoms with E-state index < -0.39 is 0 Å². The summed E-state index contributed by atoms with van der Waals surface area (Å²) in [5.74, 6) is -0.109. The summed E-state index contributed by atoms with van der Waals surface area (Å²) in [5, 5.41) is 4.89. The van der Waals surface area contributed by atoms with Crippen LogP contribution >= 0.6 is 27.3 Å². The fourth-order valence-electron chi connectivity index (χ4n) is 1.93. The molecule has 1 atom stereocenters. The van der Waals surface area contributed by atoms with Crippen molar-refractivity contribution in [3.63, 3.8) is 0 Å². The van der Waals surface area contributed by atoms with E-state index in [2.05, 4.69) is 21.2 Å². The molecule has 0 fully saturated rings. The van der Waals surface area contributed by atoms with E-state index in [9.17, 15) is 9.59 Å². The van der Waals surface area contributed by atoms with E-state index in [4.69, 9.17) is 0 Å². The number of hydrogen-bond donors (Lipinski definition) is 1. The van der Waals surface area contributed by atoms with Crippen LogP contribution in [-0.2, 0) is 4.79 Å². The maximum Gasteiger partial charge on any atom is 0.220 e. The van der Waals surface area contributed by atoms with Crippen molar-refractivity contribution >= 4 is 39.0 Å². The molecule has 1 aromatic carbocycles. The quantitative estimate of drug-likeness (QED) is 0.773. The summed E-state index contributed by atoms with van der Waals surface area (Å²) in [7, 11) is 0. The van der Waals surface area contributed by atoms with Gasteiger partial charge in [0.1, 0.15) is 0 Å². The number of thiophene rings is 1. The van der Waals surface area contributed by atoms with Gasteiger partial charge in [0.2, 0.25) is 5.91 Å². The molecule has 0 unspecified atom stereocenters. The zero-order chi connectivity index (χ0) is 15.2. The molecule has 1 amide bonds. The molecule has 0 saturated heterocycles. The van der Waals surface area contributed by atoms with Crippen LogP contribution in [0.1, 0.15) is 41.0 Å². The van der Waals surface area contributed by atoms with Crippen LogP contribution in [0.4, 0.5) is 0 Å². The first-order valence-electron chi connectivity index (χ1n) is 6.68. The summed E-state index contributed by atoms with van der Waals surface area (Å²) in [6.07, 6.45) is 0.440. The number of halogens is 1. The monoisotopic (exact) mass is 365 g/mol. The Morgan fingerprint density at radius 3 is 2.52 bits per heavy atom. The Morgan fingerprint density at radius 2 is 1.90 bits per heavy atom. The number of ketones is 1. The number of carbonyl (C=O) groups excluding carboxylic acids is 2. The smallest absolute Gasteiger partial charge is 0.220 e. The van der Waals surface area contributed by atoms with E-state index in [1.165, 1.54) is 0 Å². The van der Waals surface area contributed by atoms with Gasteiger partial charge in [-0.05, 0) is 30.5 Å². The highest BCUT2D eigenvalue weighted by molar-refractivity contribution is 9.10. The highest BCUT2D eigenvalue weighted by atomic mass is 79.9. The summed E-state index contributed by atoms with van der Waals surface area (Å²) in [4.78, 5) is 25.0. The third-order valence-corrected chi connectivity index (χ3v) is 4.68. The molecule has 0 spiro atoms. The zero-order valence-electron chi connectivity index (χ0n) is 11.6. The van der Waals surface area contributed by atoms with Crippen LogP contribution in [0.2, 0.25) is 0 Å². The van der Waals surface area contributed by atoms with Crippen molar-refractivity contribution in [2.45, 2.75) is 25.8 Å². The SMILES string of the molecule is C[C@@H](NC(=O)CCC(=O)c1ccc(Br)cc1)c1cccs1. The fraction of sp³-hybridized carbons (Fsp3) is 0.250. The summed E-state index contributed by atoms with van der Waals surface area (Å²) >= 11 is 4.94. The number of rotatable bonds is 6. The maximum absolute atomic E-state index is 12.0. The van der Waals surface area contributed by atoms with Crippen molar-refractivity contribution in [1.29, 1.82) is 0 Å². The van der Waals surface area contributed by atoms with Gasteiger partial charge in [-0.25, -0.2) is 0 Å². The molecule has 5 heteroatoms. The van der Waals surface area contributed by atoms with E-state index in [-0.39, 0.29) is 30.6 Å². The van der Waals surface area contributed by atoms with Gasteiger partial charge in [0.15, 0.2) is 5.78 Å². The third kappa shape index (κ3) is 4.79. The number of nitrogens with one attached hydrogen (secondary N) is 1. The highest BCUT2D eigenvalue weighted by Crippen LogP contribution is 2.18. The fourth-order valence-corrected chi connectivity index (χ4v) is 2.93. The largest absolute Gasteiger partial charge is 0.349 e. The summed E-state index contributed by atoms with van der Waals surface area (Å²) in [5.41, 5.74) is 0.636. The predicted octanol–water partition coefficient (Wildman–Crippen LogP) is 4.35. The normalized spacial score (nSPS) is 11.9. The first-order valence-corrected chi connectivity index (χ1v) is 8.35. The Balaban J connectivity index is 1.81. The molecule has 0 bridgehead atoms. The zero-order valence-corrected chi connectivity index (χ0v) is 14.0. The van der Waals surface area contributed by atoms with Crippen LogP contribution in [-0.4, -0.2) is 11.7 Å². The van der Waals surface area contributed by atoms with Gasteiger partial charge in [-0.3, -0.25) is 9.59 Å². The second kappa shape index (κ2) is 7.52. The Kier molecular flexibility index (Phi) is 5.70. The Morgan fingerprint density at radius 1 is 1.19 bits per heavy atom. The van der Waals surface area contributed by atoms with E-state index in [0.717, 1.165) is 9.35 Å². The van der Waals surface area contributed by atoms with Gasteiger partial charge in [0, 0.05) is 27.8 Å². The maximum atomic E-state index is 12.0. The molecule has 0 saturated carbocycles. The molecular weight excluding hydrogens is 350 g/mol. The van der Waals surface area contributed by atoms with Gasteiger partial charge in [-0.1, -0.05) is 34.1 Å². The molecular formula is C16H16BrNO2S. The van der Waals surface area contributed by atoms with Crippen LogP contribution in [0.15, 0.2) is 46.3 Å². The standard InChI is InChI=1S/C16H16BrNO2S/c1-11(15-3-2-10-21-15)18-16(20)9-8-14(19)12-4-6-13(17)7-5-12/h2-7,10-11H,8-9H2,1H3,(H,18,20)/t11-/m1/s1. The second-order valence-corrected chi connectivity index (χ2v) is 6.63. The van der Waals surface area contributed by atoms with Crippen molar-refractivity contribution in [3.8, 4) is 0 Å². The third-order valence-electron chi connectivity index (χ3n) is 3.09. The van der Waals surface area contributed by atoms with Crippen molar-refractivity contribution in [2.24, 2.45) is 0 Å². The molecule has 0 aliphatic heterocycles. The minimum absolute atomic E-state index is 0.0126. The topological polar surface area (TPSA) is 46.2 Å². The Hall–Kier alpha value is -1.46. The minimum Gasteiger partial charge on any atom is -0.349 e. The van der Waals surface area contributed by atoms with Gasteiger partial charge in [0.05, 0.1) is 6.04 Å². The number of amides is 1. The van der Waals surface area contributed by atoms with Gasteiger partial charge in [0.25, 0.3) is 0 Å². The van der Waals surface area contributed by atoms with Gasteiger partial charge in [-0.15, -0.1) is 11.3 Å². The summed E-state index contributed by atoms with van der Waals surface area (Å²) in [6.45, 7) is 1.94. The number of benzene rings is 1. The lowest BCUT2D eigenvalue weighted by atomic mass is 10.1. The summed E-state index contributed by atoms with van der Waals surface area (Å²) in [6, 6.07) is 11.1. The second-order valence-electron chi connectivity index (χ2n) is 4.73. The van der Waals surface area contributed by atoms with E-state index in [1.807, 2.05) is 36.6 Å². The van der Waals surface area contributed by atoms with Gasteiger partial charge < -0.3 is 5.32 Å². The molecule has 1 heterocycles. The van der Waals surface area contributed by atoms with E-state index in [0.29, 0.717) is 5.56 Å². The summed E-state index contributed by atoms with van der Waals surface area (Å²) < 4.78 is 0.932. The number of hydrogen-bond acceptors (Lipinski definition) is 3. The average molecular weight is 366 g/mol. The van der Waals surface area contributed by atoms with Crippen molar-refractivity contribution in [1.82, 2.24) is 5.32 Å². The van der Waals surface area contributed by atoms with Crippen LogP contribution in [0, 0.1) is 0 Å². The van der Waals surface area contributed by atoms with Gasteiger partial charge >= 0.3 is 0 Å². The predicted molar refractivity (Wildman–Crippen MR) is 88.6 cm³/mol. The average Bonchev–Trinajstić information content (AvgIpc) is 3.00. The first kappa shape index (κ1) is 15.9. The molecule has 0 aliphatic rings. The molecule has 0 radical (unpaired) electrons. The van der Waals surface area contributed by atoms with Crippen LogP contribution in [0.25, 0.3) is 0 Å². The minimum atomic E-state index is -0.0960. The van der Waals surface area contributed by atoms with Crippen molar-refractivity contribution in [2.75, 3.05) is 0 Å². The molecule has 1 N–H and O–H groups in total. The highest BCUT2D eigenvalue weighted by Gasteiger charge is 2.13. The molecule has 2 aromatic rings. The molecule has 3 nitrogen and oxygen atoms in total. The van der Waals surface area contributed by atoms with Crippen LogP contribution in [0.5, 0.6) is 0 Å². The van der Waals surface area contributed by atoms with E-state index in [1.54, 1.807) is 23.5 Å². The first-order chi connectivity index (χ1) is 10.1. The van der Waals surface area contributed by atoms with E-state index >= 15 is 0 Å². The molecule has 1 aromatic heterocycles. The molecule has 2 rings (SSSR count). The lowest BCUT2D eigenvalue weighted by Crippen LogP contribution is -2.26. The molecule has 110 valence electrons. The van der Waals surface area contributed by atoms with Crippen LogP contribution < -0.4 is 5.32 Å². The van der Waals surface area contributed by atoms with Crippen LogP contribution in [0.3, 0.4) is 0 Å².